The smallest absolute Gasteiger partial charge is 0.326 e. The maximum Gasteiger partial charge on any atom is 0.326 e. The molecule has 0 spiro atoms. The average Bonchev–Trinajstić information content (AvgIpc) is 3.24. The first-order valence-electron chi connectivity index (χ1n) is 11.1. The van der Waals surface area contributed by atoms with Gasteiger partial charge in [0.15, 0.2) is 0 Å². The van der Waals surface area contributed by atoms with Gasteiger partial charge in [0, 0.05) is 12.6 Å². The molecule has 1 aliphatic rings. The van der Waals surface area contributed by atoms with Crippen LogP contribution in [0.2, 0.25) is 0 Å². The fourth-order valence-corrected chi connectivity index (χ4v) is 4.12. The molecule has 0 radical (unpaired) electrons. The van der Waals surface area contributed by atoms with Crippen molar-refractivity contribution in [2.24, 2.45) is 17.4 Å². The summed E-state index contributed by atoms with van der Waals surface area (Å²) in [7, 11) is 0. The molecule has 1 amide bonds. The van der Waals surface area contributed by atoms with Crippen LogP contribution in [0.4, 0.5) is 0 Å². The maximum absolute atomic E-state index is 12.6. The molecule has 0 aliphatic carbocycles. The number of hydrogen-bond donors (Lipinski definition) is 3. The highest BCUT2D eigenvalue weighted by Crippen LogP contribution is 2.21. The van der Waals surface area contributed by atoms with Crippen LogP contribution >= 0.6 is 0 Å². The van der Waals surface area contributed by atoms with E-state index in [0.717, 1.165) is 12.0 Å². The molecular weight excluding hydrogens is 398 g/mol. The Labute approximate surface area is 183 Å². The van der Waals surface area contributed by atoms with E-state index in [1.54, 1.807) is 6.92 Å². The van der Waals surface area contributed by atoms with E-state index in [1.165, 1.54) is 4.90 Å². The molecule has 4 atom stereocenters. The zero-order valence-electron chi connectivity index (χ0n) is 18.2. The van der Waals surface area contributed by atoms with Crippen LogP contribution in [-0.4, -0.2) is 59.1 Å². The van der Waals surface area contributed by atoms with Crippen molar-refractivity contribution in [2.45, 2.75) is 70.0 Å². The van der Waals surface area contributed by atoms with E-state index in [4.69, 9.17) is 16.2 Å². The minimum absolute atomic E-state index is 0.298. The van der Waals surface area contributed by atoms with Gasteiger partial charge in [0.2, 0.25) is 5.91 Å². The molecular formula is C23H35N3O5. The van der Waals surface area contributed by atoms with Crippen LogP contribution in [-0.2, 0) is 25.5 Å². The SMILES string of the molecule is CCOC(=O)C(CCc1ccccc1)C(N)CCC[C@H](N)C(=O)N1CCC[C@H]1C(=O)O. The van der Waals surface area contributed by atoms with Crippen LogP contribution in [0.15, 0.2) is 30.3 Å². The molecule has 1 heterocycles. The second-order valence-electron chi connectivity index (χ2n) is 8.11. The third-order valence-electron chi connectivity index (χ3n) is 5.88. The van der Waals surface area contributed by atoms with Gasteiger partial charge in [0.25, 0.3) is 0 Å². The molecule has 2 unspecified atom stereocenters. The molecule has 31 heavy (non-hydrogen) atoms. The Morgan fingerprint density at radius 1 is 1.16 bits per heavy atom. The standard InChI is InChI=1S/C23H35N3O5/c1-2-31-23(30)17(14-13-16-8-4-3-5-9-16)18(24)10-6-11-19(25)21(27)26-15-7-12-20(26)22(28)29/h3-5,8-9,17-20H,2,6-7,10-15,24-25H2,1H3,(H,28,29)/t17?,18?,19-,20-/m0/s1. The van der Waals surface area contributed by atoms with Gasteiger partial charge in [-0.05, 0) is 57.4 Å². The van der Waals surface area contributed by atoms with Crippen LogP contribution in [0.1, 0.15) is 51.0 Å². The summed E-state index contributed by atoms with van der Waals surface area (Å²) in [4.78, 5) is 37.7. The minimum atomic E-state index is -0.990. The Morgan fingerprint density at radius 3 is 2.52 bits per heavy atom. The van der Waals surface area contributed by atoms with Gasteiger partial charge in [-0.2, -0.15) is 0 Å². The predicted octanol–water partition coefficient (Wildman–Crippen LogP) is 1.70. The number of carboxylic acid groups (broad SMARTS) is 1. The third kappa shape index (κ3) is 7.33. The molecule has 8 nitrogen and oxygen atoms in total. The molecule has 1 saturated heterocycles. The van der Waals surface area contributed by atoms with Gasteiger partial charge in [0.1, 0.15) is 6.04 Å². The highest BCUT2D eigenvalue weighted by molar-refractivity contribution is 5.87. The summed E-state index contributed by atoms with van der Waals surface area (Å²) < 4.78 is 5.22. The lowest BCUT2D eigenvalue weighted by atomic mass is 9.89. The second-order valence-corrected chi connectivity index (χ2v) is 8.11. The number of amides is 1. The number of esters is 1. The summed E-state index contributed by atoms with van der Waals surface area (Å²) in [6.07, 6.45) is 3.93. The van der Waals surface area contributed by atoms with Crippen molar-refractivity contribution in [1.82, 2.24) is 4.90 Å². The first kappa shape index (κ1) is 24.8. The lowest BCUT2D eigenvalue weighted by molar-refractivity contribution is -0.149. The summed E-state index contributed by atoms with van der Waals surface area (Å²) >= 11 is 0. The van der Waals surface area contributed by atoms with E-state index in [2.05, 4.69) is 0 Å². The molecule has 2 rings (SSSR count). The largest absolute Gasteiger partial charge is 0.480 e. The van der Waals surface area contributed by atoms with Crippen molar-refractivity contribution >= 4 is 17.8 Å². The van der Waals surface area contributed by atoms with Crippen molar-refractivity contribution in [3.05, 3.63) is 35.9 Å². The number of carbonyl (C=O) groups is 3. The highest BCUT2D eigenvalue weighted by atomic mass is 16.5. The fraction of sp³-hybridized carbons (Fsp3) is 0.609. The van der Waals surface area contributed by atoms with Crippen LogP contribution < -0.4 is 11.5 Å². The maximum atomic E-state index is 12.6. The number of likely N-dealkylation sites (tertiary alicyclic amines) is 1. The first-order valence-corrected chi connectivity index (χ1v) is 11.1. The number of nitrogens with two attached hydrogens (primary N) is 2. The van der Waals surface area contributed by atoms with Gasteiger partial charge in [-0.15, -0.1) is 0 Å². The van der Waals surface area contributed by atoms with E-state index >= 15 is 0 Å². The number of ether oxygens (including phenoxy) is 1. The molecule has 0 aromatic heterocycles. The number of rotatable bonds is 12. The fourth-order valence-electron chi connectivity index (χ4n) is 4.12. The monoisotopic (exact) mass is 433 g/mol. The lowest BCUT2D eigenvalue weighted by Crippen LogP contribution is -2.48. The van der Waals surface area contributed by atoms with E-state index in [9.17, 15) is 19.5 Å². The summed E-state index contributed by atoms with van der Waals surface area (Å²) in [6, 6.07) is 7.95. The summed E-state index contributed by atoms with van der Waals surface area (Å²) in [5.41, 5.74) is 13.5. The van der Waals surface area contributed by atoms with E-state index in [0.29, 0.717) is 51.7 Å². The van der Waals surface area contributed by atoms with Gasteiger partial charge in [0.05, 0.1) is 18.6 Å². The summed E-state index contributed by atoms with van der Waals surface area (Å²) in [6.45, 7) is 2.49. The average molecular weight is 434 g/mol. The molecule has 1 aromatic rings. The Kier molecular flexibility index (Phi) is 9.94. The summed E-state index contributed by atoms with van der Waals surface area (Å²) in [5.74, 6) is -2.05. The number of hydrogen-bond acceptors (Lipinski definition) is 6. The Balaban J connectivity index is 1.86. The van der Waals surface area contributed by atoms with Crippen LogP contribution in [0, 0.1) is 5.92 Å². The molecule has 8 heteroatoms. The van der Waals surface area contributed by atoms with Crippen LogP contribution in [0.3, 0.4) is 0 Å². The van der Waals surface area contributed by atoms with E-state index < -0.39 is 30.0 Å². The van der Waals surface area contributed by atoms with Crippen molar-refractivity contribution in [3.63, 3.8) is 0 Å². The number of carbonyl (C=O) groups excluding carboxylic acids is 2. The van der Waals surface area contributed by atoms with Gasteiger partial charge < -0.3 is 26.2 Å². The molecule has 1 aromatic carbocycles. The minimum Gasteiger partial charge on any atom is -0.480 e. The van der Waals surface area contributed by atoms with E-state index in [-0.39, 0.29) is 11.9 Å². The zero-order chi connectivity index (χ0) is 22.8. The number of aryl methyl sites for hydroxylation is 1. The van der Waals surface area contributed by atoms with Gasteiger partial charge in [-0.1, -0.05) is 30.3 Å². The van der Waals surface area contributed by atoms with Crippen molar-refractivity contribution < 1.29 is 24.2 Å². The first-order chi connectivity index (χ1) is 14.8. The Bertz CT molecular complexity index is 727. The van der Waals surface area contributed by atoms with Crippen molar-refractivity contribution in [2.75, 3.05) is 13.2 Å². The Morgan fingerprint density at radius 2 is 1.87 bits per heavy atom. The van der Waals surface area contributed by atoms with Crippen LogP contribution in [0.25, 0.3) is 0 Å². The van der Waals surface area contributed by atoms with Gasteiger partial charge in [-0.25, -0.2) is 4.79 Å². The summed E-state index contributed by atoms with van der Waals surface area (Å²) in [5, 5.41) is 9.26. The van der Waals surface area contributed by atoms with Gasteiger partial charge >= 0.3 is 11.9 Å². The molecule has 0 saturated carbocycles. The van der Waals surface area contributed by atoms with Crippen LogP contribution in [0.5, 0.6) is 0 Å². The molecule has 5 N–H and O–H groups in total. The lowest BCUT2D eigenvalue weighted by Gasteiger charge is -2.26. The normalized spacial score (nSPS) is 18.9. The number of benzene rings is 1. The molecule has 1 aliphatic heterocycles. The van der Waals surface area contributed by atoms with Gasteiger partial charge in [-0.3, -0.25) is 9.59 Å². The molecule has 1 fully saturated rings. The number of aliphatic carboxylic acids is 1. The number of carboxylic acids is 1. The highest BCUT2D eigenvalue weighted by Gasteiger charge is 2.36. The quantitative estimate of drug-likeness (QED) is 0.427. The predicted molar refractivity (Wildman–Crippen MR) is 117 cm³/mol. The Hall–Kier alpha value is -2.45. The molecule has 172 valence electrons. The second kappa shape index (κ2) is 12.4. The van der Waals surface area contributed by atoms with Crippen molar-refractivity contribution in [1.29, 1.82) is 0 Å². The topological polar surface area (TPSA) is 136 Å². The molecule has 0 bridgehead atoms. The third-order valence-corrected chi connectivity index (χ3v) is 5.88. The van der Waals surface area contributed by atoms with Crippen molar-refractivity contribution in [3.8, 4) is 0 Å². The zero-order valence-corrected chi connectivity index (χ0v) is 18.2. The number of nitrogens with zero attached hydrogens (tertiary/aromatic N) is 1. The van der Waals surface area contributed by atoms with E-state index in [1.807, 2.05) is 30.3 Å².